The number of halogens is 2. The molecule has 0 bridgehead atoms. The van der Waals surface area contributed by atoms with Gasteiger partial charge in [-0.2, -0.15) is 0 Å². The number of Topliss-reactive ketones (excluding diaryl/α,β-unsaturated/α-hetero) is 1. The number of carbonyl (C=O) groups is 2. The summed E-state index contributed by atoms with van der Waals surface area (Å²) in [6, 6.07) is 4.91. The van der Waals surface area contributed by atoms with Gasteiger partial charge in [-0.15, -0.1) is 11.6 Å². The molecule has 0 saturated carbocycles. The number of ketones is 1. The summed E-state index contributed by atoms with van der Waals surface area (Å²) in [6.07, 6.45) is 0. The Balaban J connectivity index is 3.29. The standard InChI is InChI=1S/C12H12BrClO3/c1-7(13)11(15)9-4-3-8(6-14)5-10(9)12(16)17-2/h3-5,7H,6H2,1-2H3. The third-order valence-electron chi connectivity index (χ3n) is 2.27. The van der Waals surface area contributed by atoms with Crippen molar-refractivity contribution in [3.05, 3.63) is 34.9 Å². The van der Waals surface area contributed by atoms with E-state index in [-0.39, 0.29) is 22.1 Å². The zero-order valence-corrected chi connectivity index (χ0v) is 11.8. The predicted octanol–water partition coefficient (Wildman–Crippen LogP) is 3.18. The van der Waals surface area contributed by atoms with Crippen molar-refractivity contribution < 1.29 is 14.3 Å². The molecule has 92 valence electrons. The molecule has 0 radical (unpaired) electrons. The number of alkyl halides is 2. The molecule has 0 N–H and O–H groups in total. The van der Waals surface area contributed by atoms with E-state index in [1.54, 1.807) is 25.1 Å². The Morgan fingerprint density at radius 1 is 1.41 bits per heavy atom. The van der Waals surface area contributed by atoms with Crippen LogP contribution in [0.15, 0.2) is 18.2 Å². The van der Waals surface area contributed by atoms with Crippen LogP contribution in [-0.4, -0.2) is 23.7 Å². The monoisotopic (exact) mass is 318 g/mol. The predicted molar refractivity (Wildman–Crippen MR) is 70.1 cm³/mol. The van der Waals surface area contributed by atoms with E-state index in [9.17, 15) is 9.59 Å². The van der Waals surface area contributed by atoms with Gasteiger partial charge in [-0.25, -0.2) is 4.79 Å². The highest BCUT2D eigenvalue weighted by Gasteiger charge is 2.20. The Hall–Kier alpha value is -0.870. The van der Waals surface area contributed by atoms with E-state index >= 15 is 0 Å². The molecule has 0 aromatic heterocycles. The van der Waals surface area contributed by atoms with Crippen LogP contribution >= 0.6 is 27.5 Å². The van der Waals surface area contributed by atoms with E-state index < -0.39 is 5.97 Å². The summed E-state index contributed by atoms with van der Waals surface area (Å²) < 4.78 is 4.66. The quantitative estimate of drug-likeness (QED) is 0.486. The smallest absolute Gasteiger partial charge is 0.338 e. The molecule has 0 saturated heterocycles. The maximum Gasteiger partial charge on any atom is 0.338 e. The van der Waals surface area contributed by atoms with Crippen molar-refractivity contribution in [2.24, 2.45) is 0 Å². The third-order valence-corrected chi connectivity index (χ3v) is 2.99. The van der Waals surface area contributed by atoms with Crippen LogP contribution in [0.4, 0.5) is 0 Å². The topological polar surface area (TPSA) is 43.4 Å². The molecule has 5 heteroatoms. The van der Waals surface area contributed by atoms with Gasteiger partial charge in [0.15, 0.2) is 5.78 Å². The molecule has 0 aliphatic carbocycles. The second-order valence-electron chi connectivity index (χ2n) is 3.49. The minimum atomic E-state index is -0.534. The van der Waals surface area contributed by atoms with Crippen LogP contribution in [0.2, 0.25) is 0 Å². The normalized spacial score (nSPS) is 12.0. The minimum absolute atomic E-state index is 0.161. The van der Waals surface area contributed by atoms with Gasteiger partial charge in [-0.05, 0) is 18.6 Å². The van der Waals surface area contributed by atoms with E-state index in [1.807, 2.05) is 0 Å². The van der Waals surface area contributed by atoms with Crippen molar-refractivity contribution in [1.29, 1.82) is 0 Å². The molecule has 1 aromatic carbocycles. The third kappa shape index (κ3) is 3.30. The van der Waals surface area contributed by atoms with Crippen LogP contribution in [0, 0.1) is 0 Å². The Bertz CT molecular complexity index is 443. The van der Waals surface area contributed by atoms with Crippen LogP contribution in [0.3, 0.4) is 0 Å². The molecule has 17 heavy (non-hydrogen) atoms. The first kappa shape index (κ1) is 14.2. The minimum Gasteiger partial charge on any atom is -0.465 e. The van der Waals surface area contributed by atoms with Gasteiger partial charge in [0.05, 0.1) is 17.5 Å². The molecule has 3 nitrogen and oxygen atoms in total. The van der Waals surface area contributed by atoms with Crippen molar-refractivity contribution in [3.63, 3.8) is 0 Å². The zero-order valence-electron chi connectivity index (χ0n) is 9.50. The SMILES string of the molecule is COC(=O)c1cc(CCl)ccc1C(=O)C(C)Br. The summed E-state index contributed by atoms with van der Waals surface area (Å²) in [6.45, 7) is 1.71. The van der Waals surface area contributed by atoms with Gasteiger partial charge in [0.1, 0.15) is 0 Å². The molecule has 1 atom stereocenters. The van der Waals surface area contributed by atoms with Gasteiger partial charge in [0.2, 0.25) is 0 Å². The van der Waals surface area contributed by atoms with Crippen LogP contribution in [0.1, 0.15) is 33.2 Å². The highest BCUT2D eigenvalue weighted by atomic mass is 79.9. The van der Waals surface area contributed by atoms with Crippen LogP contribution in [-0.2, 0) is 10.6 Å². The summed E-state index contributed by atoms with van der Waals surface area (Å²) in [7, 11) is 1.28. The molecule has 0 aliphatic heterocycles. The van der Waals surface area contributed by atoms with Crippen molar-refractivity contribution in [3.8, 4) is 0 Å². The maximum absolute atomic E-state index is 11.9. The Morgan fingerprint density at radius 3 is 2.53 bits per heavy atom. The molecule has 1 aromatic rings. The lowest BCUT2D eigenvalue weighted by molar-refractivity contribution is 0.0597. The Morgan fingerprint density at radius 2 is 2.06 bits per heavy atom. The number of hydrogen-bond acceptors (Lipinski definition) is 3. The maximum atomic E-state index is 11.9. The number of esters is 1. The lowest BCUT2D eigenvalue weighted by atomic mass is 10.00. The summed E-state index contributed by atoms with van der Waals surface area (Å²) in [5.74, 6) is -0.414. The number of hydrogen-bond donors (Lipinski definition) is 0. The van der Waals surface area contributed by atoms with Crippen molar-refractivity contribution >= 4 is 39.3 Å². The fraction of sp³-hybridized carbons (Fsp3) is 0.333. The van der Waals surface area contributed by atoms with Gasteiger partial charge in [0, 0.05) is 11.4 Å². The average molecular weight is 320 g/mol. The molecule has 1 rings (SSSR count). The van der Waals surface area contributed by atoms with Gasteiger partial charge < -0.3 is 4.74 Å². The van der Waals surface area contributed by atoms with E-state index in [2.05, 4.69) is 20.7 Å². The fourth-order valence-electron chi connectivity index (χ4n) is 1.38. The molecule has 0 aliphatic rings. The van der Waals surface area contributed by atoms with Crippen molar-refractivity contribution in [2.75, 3.05) is 7.11 Å². The first-order valence-corrected chi connectivity index (χ1v) is 6.41. The number of rotatable bonds is 4. The van der Waals surface area contributed by atoms with Crippen LogP contribution < -0.4 is 0 Å². The van der Waals surface area contributed by atoms with Crippen LogP contribution in [0.25, 0.3) is 0 Å². The first-order chi connectivity index (χ1) is 8.01. The lowest BCUT2D eigenvalue weighted by Gasteiger charge is -2.09. The average Bonchev–Trinajstić information content (AvgIpc) is 2.35. The van der Waals surface area contributed by atoms with Crippen LogP contribution in [0.5, 0.6) is 0 Å². The van der Waals surface area contributed by atoms with Gasteiger partial charge in [-0.3, -0.25) is 4.79 Å². The van der Waals surface area contributed by atoms with E-state index in [4.69, 9.17) is 11.6 Å². The van der Waals surface area contributed by atoms with Gasteiger partial charge >= 0.3 is 5.97 Å². The molecular formula is C12H12BrClO3. The number of benzene rings is 1. The summed E-state index contributed by atoms with van der Waals surface area (Å²) in [5.41, 5.74) is 1.36. The molecule has 0 spiro atoms. The first-order valence-electron chi connectivity index (χ1n) is 4.96. The second-order valence-corrected chi connectivity index (χ2v) is 5.13. The van der Waals surface area contributed by atoms with E-state index in [0.29, 0.717) is 5.56 Å². The van der Waals surface area contributed by atoms with E-state index in [0.717, 1.165) is 5.56 Å². The zero-order chi connectivity index (χ0) is 13.0. The van der Waals surface area contributed by atoms with E-state index in [1.165, 1.54) is 7.11 Å². The lowest BCUT2D eigenvalue weighted by Crippen LogP contribution is -2.16. The molecular weight excluding hydrogens is 307 g/mol. The highest BCUT2D eigenvalue weighted by molar-refractivity contribution is 9.10. The van der Waals surface area contributed by atoms with Gasteiger partial charge in [-0.1, -0.05) is 28.1 Å². The summed E-state index contributed by atoms with van der Waals surface area (Å²) >= 11 is 8.88. The summed E-state index contributed by atoms with van der Waals surface area (Å²) in [4.78, 5) is 23.1. The van der Waals surface area contributed by atoms with Crippen molar-refractivity contribution in [2.45, 2.75) is 17.6 Å². The Kier molecular flexibility index (Phi) is 5.15. The second kappa shape index (κ2) is 6.17. The fourth-order valence-corrected chi connectivity index (χ4v) is 1.80. The molecule has 0 amide bonds. The largest absolute Gasteiger partial charge is 0.465 e. The molecule has 0 fully saturated rings. The molecule has 0 heterocycles. The molecule has 1 unspecified atom stereocenters. The number of ether oxygens (including phenoxy) is 1. The van der Waals surface area contributed by atoms with Crippen molar-refractivity contribution in [1.82, 2.24) is 0 Å². The Labute approximate surface area is 113 Å². The highest BCUT2D eigenvalue weighted by Crippen LogP contribution is 2.19. The summed E-state index contributed by atoms with van der Waals surface area (Å²) in [5, 5.41) is 0. The number of methoxy groups -OCH3 is 1. The van der Waals surface area contributed by atoms with Gasteiger partial charge in [0.25, 0.3) is 0 Å². The number of carbonyl (C=O) groups excluding carboxylic acids is 2.